The van der Waals surface area contributed by atoms with Gasteiger partial charge in [-0.2, -0.15) is 0 Å². The van der Waals surface area contributed by atoms with Gasteiger partial charge in [-0.15, -0.1) is 11.3 Å². The molecule has 4 nitrogen and oxygen atoms in total. The zero-order chi connectivity index (χ0) is 20.4. The van der Waals surface area contributed by atoms with Gasteiger partial charge in [0.1, 0.15) is 10.8 Å². The third-order valence-corrected chi connectivity index (χ3v) is 7.42. The number of hydrogen-bond acceptors (Lipinski definition) is 4. The van der Waals surface area contributed by atoms with Crippen molar-refractivity contribution < 1.29 is 9.18 Å². The Bertz CT molecular complexity index is 873. The first-order valence-corrected chi connectivity index (χ1v) is 11.5. The quantitative estimate of drug-likeness (QED) is 0.784. The van der Waals surface area contributed by atoms with Gasteiger partial charge in [0.2, 0.25) is 5.91 Å². The molecule has 0 radical (unpaired) electrons. The fourth-order valence-electron chi connectivity index (χ4n) is 4.70. The first-order valence-electron chi connectivity index (χ1n) is 10.7. The Hall–Kier alpha value is -1.76. The second kappa shape index (κ2) is 8.94. The number of thiophene rings is 1. The highest BCUT2D eigenvalue weighted by atomic mass is 32.1. The monoisotopic (exact) mass is 415 g/mol. The van der Waals surface area contributed by atoms with Crippen LogP contribution in [0.3, 0.4) is 0 Å². The number of piperazine rings is 1. The summed E-state index contributed by atoms with van der Waals surface area (Å²) in [4.78, 5) is 18.2. The van der Waals surface area contributed by atoms with Gasteiger partial charge in [-0.05, 0) is 43.9 Å². The lowest BCUT2D eigenvalue weighted by atomic mass is 9.88. The maximum Gasteiger partial charge on any atom is 0.221 e. The number of anilines is 1. The van der Waals surface area contributed by atoms with Crippen molar-refractivity contribution in [3.8, 4) is 0 Å². The molecule has 156 valence electrons. The molecule has 4 rings (SSSR count). The van der Waals surface area contributed by atoms with Crippen LogP contribution in [0.5, 0.6) is 0 Å². The van der Waals surface area contributed by atoms with Gasteiger partial charge in [-0.3, -0.25) is 9.69 Å². The lowest BCUT2D eigenvalue weighted by molar-refractivity contribution is -0.114. The van der Waals surface area contributed by atoms with Crippen molar-refractivity contribution in [3.63, 3.8) is 0 Å². The molecule has 2 heterocycles. The molecule has 2 aromatic rings. The highest BCUT2D eigenvalue weighted by Gasteiger charge is 2.34. The summed E-state index contributed by atoms with van der Waals surface area (Å²) in [6.07, 6.45) is 4.41. The number of likely N-dealkylation sites (N-methyl/N-ethyl adjacent to an activating group) is 1. The number of fused-ring (bicyclic) bond motifs is 1. The smallest absolute Gasteiger partial charge is 0.221 e. The normalized spacial score (nSPS) is 19.0. The molecule has 29 heavy (non-hydrogen) atoms. The molecule has 1 aromatic heterocycles. The highest BCUT2D eigenvalue weighted by Crippen LogP contribution is 2.46. The first-order chi connectivity index (χ1) is 14.1. The third-order valence-electron chi connectivity index (χ3n) is 6.19. The van der Waals surface area contributed by atoms with Crippen LogP contribution in [0.25, 0.3) is 0 Å². The van der Waals surface area contributed by atoms with Gasteiger partial charge in [0.25, 0.3) is 0 Å². The van der Waals surface area contributed by atoms with Crippen molar-refractivity contribution in [3.05, 3.63) is 51.7 Å². The summed E-state index contributed by atoms with van der Waals surface area (Å²) < 4.78 is 15.0. The van der Waals surface area contributed by atoms with Crippen LogP contribution in [-0.2, 0) is 17.6 Å². The van der Waals surface area contributed by atoms with Gasteiger partial charge in [-0.1, -0.05) is 25.1 Å². The molecule has 0 spiro atoms. The largest absolute Gasteiger partial charge is 0.318 e. The minimum atomic E-state index is -0.167. The molecule has 1 unspecified atom stereocenters. The molecular weight excluding hydrogens is 385 g/mol. The molecule has 0 bridgehead atoms. The number of nitrogens with one attached hydrogen (secondary N) is 1. The van der Waals surface area contributed by atoms with Crippen LogP contribution < -0.4 is 5.32 Å². The zero-order valence-electron chi connectivity index (χ0n) is 17.3. The molecule has 1 aliphatic carbocycles. The van der Waals surface area contributed by atoms with Crippen molar-refractivity contribution in [2.45, 2.75) is 45.6 Å². The van der Waals surface area contributed by atoms with Crippen LogP contribution in [0.1, 0.15) is 54.3 Å². The van der Waals surface area contributed by atoms with E-state index in [1.807, 2.05) is 12.1 Å². The third kappa shape index (κ3) is 4.25. The number of amides is 1. The summed E-state index contributed by atoms with van der Waals surface area (Å²) >= 11 is 1.70. The number of carbonyl (C=O) groups is 1. The van der Waals surface area contributed by atoms with Crippen molar-refractivity contribution in [2.75, 3.05) is 38.0 Å². The molecule has 2 aliphatic rings. The Labute approximate surface area is 176 Å². The SMILES string of the molecule is CCN1CCN(C(c2ccccc2F)c2c(NC(C)=O)sc3c2CCCC3)CC1. The van der Waals surface area contributed by atoms with Crippen molar-refractivity contribution in [1.82, 2.24) is 9.80 Å². The van der Waals surface area contributed by atoms with E-state index in [-0.39, 0.29) is 17.8 Å². The Morgan fingerprint density at radius 3 is 2.59 bits per heavy atom. The van der Waals surface area contributed by atoms with Crippen molar-refractivity contribution in [1.29, 1.82) is 0 Å². The summed E-state index contributed by atoms with van der Waals surface area (Å²) in [5.41, 5.74) is 3.20. The topological polar surface area (TPSA) is 35.6 Å². The number of rotatable bonds is 5. The number of benzene rings is 1. The number of hydrogen-bond donors (Lipinski definition) is 1. The van der Waals surface area contributed by atoms with E-state index < -0.39 is 0 Å². The van der Waals surface area contributed by atoms with E-state index in [4.69, 9.17) is 0 Å². The lowest BCUT2D eigenvalue weighted by Gasteiger charge is -2.40. The first kappa shape index (κ1) is 20.5. The number of carbonyl (C=O) groups excluding carboxylic acids is 1. The van der Waals surface area contributed by atoms with Gasteiger partial charge in [0.05, 0.1) is 6.04 Å². The molecule has 1 aliphatic heterocycles. The van der Waals surface area contributed by atoms with Crippen LogP contribution in [0.15, 0.2) is 24.3 Å². The zero-order valence-corrected chi connectivity index (χ0v) is 18.2. The average Bonchev–Trinajstić information content (AvgIpc) is 3.07. The molecular formula is C23H30FN3OS. The highest BCUT2D eigenvalue weighted by molar-refractivity contribution is 7.16. The van der Waals surface area contributed by atoms with Crippen LogP contribution in [0, 0.1) is 5.82 Å². The fraction of sp³-hybridized carbons (Fsp3) is 0.522. The van der Waals surface area contributed by atoms with E-state index in [2.05, 4.69) is 22.0 Å². The van der Waals surface area contributed by atoms with Gasteiger partial charge in [0.15, 0.2) is 0 Å². The Morgan fingerprint density at radius 2 is 1.90 bits per heavy atom. The summed E-state index contributed by atoms with van der Waals surface area (Å²) in [6.45, 7) is 8.57. The maximum absolute atomic E-state index is 15.0. The minimum Gasteiger partial charge on any atom is -0.318 e. The number of halogens is 1. The predicted molar refractivity (Wildman–Crippen MR) is 117 cm³/mol. The van der Waals surface area contributed by atoms with Crippen LogP contribution >= 0.6 is 11.3 Å². The Kier molecular flexibility index (Phi) is 6.32. The minimum absolute atomic E-state index is 0.0621. The second-order valence-corrected chi connectivity index (χ2v) is 9.13. The van der Waals surface area contributed by atoms with Crippen LogP contribution in [-0.4, -0.2) is 48.4 Å². The Balaban J connectivity index is 1.82. The van der Waals surface area contributed by atoms with Crippen LogP contribution in [0.2, 0.25) is 0 Å². The molecule has 6 heteroatoms. The van der Waals surface area contributed by atoms with Gasteiger partial charge in [-0.25, -0.2) is 4.39 Å². The maximum atomic E-state index is 15.0. The van der Waals surface area contributed by atoms with E-state index in [0.29, 0.717) is 0 Å². The van der Waals surface area contributed by atoms with Crippen LogP contribution in [0.4, 0.5) is 9.39 Å². The standard InChI is InChI=1S/C23H30FN3OS/c1-3-26-12-14-27(15-13-26)22(17-8-4-6-10-19(17)24)21-18-9-5-7-11-20(18)29-23(21)25-16(2)28/h4,6,8,10,22H,3,5,7,9,11-15H2,1-2H3,(H,25,28). The molecule has 1 aromatic carbocycles. The van der Waals surface area contributed by atoms with E-state index in [1.165, 1.54) is 16.9 Å². The van der Waals surface area contributed by atoms with Gasteiger partial charge < -0.3 is 10.2 Å². The lowest BCUT2D eigenvalue weighted by Crippen LogP contribution is -2.48. The van der Waals surface area contributed by atoms with E-state index >= 15 is 4.39 Å². The summed E-state index contributed by atoms with van der Waals surface area (Å²) in [6, 6.07) is 6.99. The average molecular weight is 416 g/mol. The van der Waals surface area contributed by atoms with E-state index in [1.54, 1.807) is 30.4 Å². The summed E-state index contributed by atoms with van der Waals surface area (Å²) in [5, 5.41) is 3.99. The number of aryl methyl sites for hydroxylation is 1. The molecule has 1 atom stereocenters. The second-order valence-electron chi connectivity index (χ2n) is 8.03. The van der Waals surface area contributed by atoms with E-state index in [9.17, 15) is 4.79 Å². The summed E-state index contributed by atoms with van der Waals surface area (Å²) in [7, 11) is 0. The molecule has 1 amide bonds. The van der Waals surface area contributed by atoms with Gasteiger partial charge in [0, 0.05) is 49.1 Å². The fourth-order valence-corrected chi connectivity index (χ4v) is 6.07. The Morgan fingerprint density at radius 1 is 1.17 bits per heavy atom. The molecule has 1 saturated heterocycles. The van der Waals surface area contributed by atoms with E-state index in [0.717, 1.165) is 68.1 Å². The summed E-state index contributed by atoms with van der Waals surface area (Å²) in [5.74, 6) is -0.229. The van der Waals surface area contributed by atoms with Crippen molar-refractivity contribution >= 4 is 22.2 Å². The molecule has 0 saturated carbocycles. The number of nitrogens with zero attached hydrogens (tertiary/aromatic N) is 2. The predicted octanol–water partition coefficient (Wildman–Crippen LogP) is 4.45. The van der Waals surface area contributed by atoms with Gasteiger partial charge >= 0.3 is 0 Å². The molecule has 1 N–H and O–H groups in total. The van der Waals surface area contributed by atoms with Crippen molar-refractivity contribution in [2.24, 2.45) is 0 Å². The molecule has 1 fully saturated rings.